The zero-order valence-electron chi connectivity index (χ0n) is 11.0. The van der Waals surface area contributed by atoms with Gasteiger partial charge in [-0.15, -0.1) is 0 Å². The van der Waals surface area contributed by atoms with E-state index in [1.54, 1.807) is 0 Å². The SMILES string of the molecule is CCn1ncc(B2OC(C)(C)C(C)(C)O2)c1F. The van der Waals surface area contributed by atoms with E-state index in [2.05, 4.69) is 5.10 Å². The van der Waals surface area contributed by atoms with Gasteiger partial charge in [-0.2, -0.15) is 9.49 Å². The van der Waals surface area contributed by atoms with Gasteiger partial charge in [-0.1, -0.05) is 0 Å². The molecule has 0 aromatic carbocycles. The molecule has 0 atom stereocenters. The van der Waals surface area contributed by atoms with Crippen molar-refractivity contribution < 1.29 is 13.7 Å². The summed E-state index contributed by atoms with van der Waals surface area (Å²) in [7, 11) is -0.680. The van der Waals surface area contributed by atoms with Crippen LogP contribution in [0.4, 0.5) is 4.39 Å². The molecule has 1 fully saturated rings. The van der Waals surface area contributed by atoms with Gasteiger partial charge < -0.3 is 9.31 Å². The van der Waals surface area contributed by atoms with Crippen LogP contribution >= 0.6 is 0 Å². The molecule has 17 heavy (non-hydrogen) atoms. The van der Waals surface area contributed by atoms with Gasteiger partial charge in [0.15, 0.2) is 0 Å². The lowest BCUT2D eigenvalue weighted by Crippen LogP contribution is -2.41. The topological polar surface area (TPSA) is 36.3 Å². The Balaban J connectivity index is 2.29. The molecule has 1 aliphatic heterocycles. The maximum absolute atomic E-state index is 13.9. The minimum Gasteiger partial charge on any atom is -0.399 e. The van der Waals surface area contributed by atoms with E-state index in [1.807, 2.05) is 34.6 Å². The van der Waals surface area contributed by atoms with Crippen molar-refractivity contribution in [2.45, 2.75) is 52.4 Å². The first kappa shape index (κ1) is 12.6. The van der Waals surface area contributed by atoms with E-state index < -0.39 is 18.3 Å². The smallest absolute Gasteiger partial charge is 0.399 e. The molecule has 4 nitrogen and oxygen atoms in total. The minimum absolute atomic E-state index is 0.366. The van der Waals surface area contributed by atoms with Crippen LogP contribution in [0, 0.1) is 5.95 Å². The summed E-state index contributed by atoms with van der Waals surface area (Å²) in [5.41, 5.74) is -0.554. The molecule has 2 heterocycles. The van der Waals surface area contributed by atoms with Gasteiger partial charge >= 0.3 is 7.12 Å². The zero-order valence-corrected chi connectivity index (χ0v) is 11.0. The minimum atomic E-state index is -0.680. The first-order chi connectivity index (χ1) is 7.78. The fourth-order valence-electron chi connectivity index (χ4n) is 1.73. The highest BCUT2D eigenvalue weighted by Crippen LogP contribution is 2.36. The van der Waals surface area contributed by atoms with Crippen LogP contribution < -0.4 is 5.46 Å². The molecule has 1 aromatic rings. The molecule has 0 radical (unpaired) electrons. The molecular weight excluding hydrogens is 222 g/mol. The van der Waals surface area contributed by atoms with Crippen LogP contribution in [0.1, 0.15) is 34.6 Å². The van der Waals surface area contributed by atoms with E-state index in [0.717, 1.165) is 0 Å². The van der Waals surface area contributed by atoms with E-state index in [1.165, 1.54) is 10.9 Å². The Labute approximate surface area is 101 Å². The molecular formula is C11H18BFN2O2. The summed E-state index contributed by atoms with van der Waals surface area (Å²) in [5, 5.41) is 3.96. The predicted octanol–water partition coefficient (Wildman–Crippen LogP) is 1.34. The Morgan fingerprint density at radius 2 is 1.82 bits per heavy atom. The standard InChI is InChI=1S/C11H18BFN2O2/c1-6-15-9(13)8(7-14-15)12-16-10(2,3)11(4,5)17-12/h7H,6H2,1-5H3. The maximum atomic E-state index is 13.9. The van der Waals surface area contributed by atoms with Gasteiger partial charge in [-0.05, 0) is 34.6 Å². The highest BCUT2D eigenvalue weighted by atomic mass is 19.1. The zero-order chi connectivity index (χ0) is 12.8. The molecule has 1 aliphatic rings. The monoisotopic (exact) mass is 240 g/mol. The van der Waals surface area contributed by atoms with Crippen LogP contribution in [0.5, 0.6) is 0 Å². The molecule has 1 aromatic heterocycles. The third-order valence-corrected chi connectivity index (χ3v) is 3.61. The number of halogens is 1. The fourth-order valence-corrected chi connectivity index (χ4v) is 1.73. The van der Waals surface area contributed by atoms with Gasteiger partial charge in [0.1, 0.15) is 0 Å². The van der Waals surface area contributed by atoms with E-state index in [9.17, 15) is 4.39 Å². The second kappa shape index (κ2) is 3.81. The molecule has 1 saturated heterocycles. The normalized spacial score (nSPS) is 22.1. The maximum Gasteiger partial charge on any atom is 0.501 e. The van der Waals surface area contributed by atoms with E-state index in [4.69, 9.17) is 9.31 Å². The van der Waals surface area contributed by atoms with Crippen LogP contribution in [0.25, 0.3) is 0 Å². The number of rotatable bonds is 2. The van der Waals surface area contributed by atoms with Gasteiger partial charge in [0.05, 0.1) is 22.9 Å². The molecule has 0 N–H and O–H groups in total. The summed E-state index contributed by atoms with van der Waals surface area (Å²) in [4.78, 5) is 0. The van der Waals surface area contributed by atoms with Crippen molar-refractivity contribution in [1.82, 2.24) is 9.78 Å². The highest BCUT2D eigenvalue weighted by Gasteiger charge is 2.53. The van der Waals surface area contributed by atoms with Crippen LogP contribution in [-0.2, 0) is 15.9 Å². The summed E-state index contributed by atoms with van der Waals surface area (Å²) in [6, 6.07) is 0. The molecule has 0 unspecified atom stereocenters. The number of aromatic nitrogens is 2. The Hall–Kier alpha value is -0.875. The van der Waals surface area contributed by atoms with Crippen molar-refractivity contribution in [2.24, 2.45) is 0 Å². The van der Waals surface area contributed by atoms with Gasteiger partial charge in [0.25, 0.3) is 0 Å². The average Bonchev–Trinajstić information content (AvgIpc) is 2.65. The van der Waals surface area contributed by atoms with Crippen molar-refractivity contribution in [3.8, 4) is 0 Å². The first-order valence-electron chi connectivity index (χ1n) is 5.85. The van der Waals surface area contributed by atoms with Gasteiger partial charge in [0.2, 0.25) is 5.95 Å². The van der Waals surface area contributed by atoms with E-state index in [-0.39, 0.29) is 5.95 Å². The van der Waals surface area contributed by atoms with Crippen LogP contribution in [0.15, 0.2) is 6.20 Å². The summed E-state index contributed by atoms with van der Waals surface area (Å²) in [6.07, 6.45) is 1.47. The van der Waals surface area contributed by atoms with Gasteiger partial charge in [-0.3, -0.25) is 0 Å². The Bertz CT molecular complexity index is 415. The summed E-state index contributed by atoms with van der Waals surface area (Å²) < 4.78 is 26.8. The Morgan fingerprint density at radius 3 is 2.24 bits per heavy atom. The van der Waals surface area contributed by atoms with E-state index in [0.29, 0.717) is 12.0 Å². The van der Waals surface area contributed by atoms with Crippen molar-refractivity contribution in [3.63, 3.8) is 0 Å². The largest absolute Gasteiger partial charge is 0.501 e. The van der Waals surface area contributed by atoms with E-state index >= 15 is 0 Å². The fraction of sp³-hybridized carbons (Fsp3) is 0.727. The van der Waals surface area contributed by atoms with Crippen molar-refractivity contribution in [1.29, 1.82) is 0 Å². The first-order valence-corrected chi connectivity index (χ1v) is 5.85. The van der Waals surface area contributed by atoms with Crippen molar-refractivity contribution in [3.05, 3.63) is 12.1 Å². The lowest BCUT2D eigenvalue weighted by Gasteiger charge is -2.32. The van der Waals surface area contributed by atoms with Crippen LogP contribution in [0.2, 0.25) is 0 Å². The third-order valence-electron chi connectivity index (χ3n) is 3.61. The number of nitrogens with zero attached hydrogens (tertiary/aromatic N) is 2. The lowest BCUT2D eigenvalue weighted by molar-refractivity contribution is 0.00578. The molecule has 6 heteroatoms. The van der Waals surface area contributed by atoms with Gasteiger partial charge in [-0.25, -0.2) is 4.68 Å². The number of hydrogen-bond acceptors (Lipinski definition) is 3. The molecule has 0 bridgehead atoms. The van der Waals surface area contributed by atoms with Crippen LogP contribution in [0.3, 0.4) is 0 Å². The third kappa shape index (κ3) is 1.89. The predicted molar refractivity (Wildman–Crippen MR) is 63.6 cm³/mol. The second-order valence-electron chi connectivity index (χ2n) is 5.29. The Morgan fingerprint density at radius 1 is 1.29 bits per heavy atom. The summed E-state index contributed by atoms with van der Waals surface area (Å²) in [5.74, 6) is -0.383. The lowest BCUT2D eigenvalue weighted by atomic mass is 9.81. The average molecular weight is 240 g/mol. The molecule has 2 rings (SSSR count). The number of hydrogen-bond donors (Lipinski definition) is 0. The second-order valence-corrected chi connectivity index (χ2v) is 5.29. The summed E-state index contributed by atoms with van der Waals surface area (Å²) in [6.45, 7) is 10.1. The van der Waals surface area contributed by atoms with Gasteiger partial charge in [0, 0.05) is 6.54 Å². The summed E-state index contributed by atoms with van der Waals surface area (Å²) >= 11 is 0. The molecule has 94 valence electrons. The molecule has 0 saturated carbocycles. The Kier molecular flexibility index (Phi) is 2.82. The molecule has 0 spiro atoms. The number of aryl methyl sites for hydroxylation is 1. The molecule has 0 amide bonds. The van der Waals surface area contributed by atoms with Crippen LogP contribution in [-0.4, -0.2) is 28.1 Å². The van der Waals surface area contributed by atoms with Crippen molar-refractivity contribution >= 4 is 12.6 Å². The highest BCUT2D eigenvalue weighted by molar-refractivity contribution is 6.62. The molecule has 0 aliphatic carbocycles. The van der Waals surface area contributed by atoms with Crippen molar-refractivity contribution in [2.75, 3.05) is 0 Å². The quantitative estimate of drug-likeness (QED) is 0.732.